The van der Waals surface area contributed by atoms with E-state index in [4.69, 9.17) is 16.3 Å². The molecule has 0 saturated heterocycles. The third-order valence-electron chi connectivity index (χ3n) is 2.94. The number of carbonyl (C=O) groups excluding carboxylic acids is 1. The molecule has 1 aromatic carbocycles. The number of carbonyl (C=O) groups is 1. The average Bonchev–Trinajstić information content (AvgIpc) is 3.03. The summed E-state index contributed by atoms with van der Waals surface area (Å²) in [6, 6.07) is 7.40. The number of thiazole rings is 1. The molecule has 0 atom stereocenters. The first-order chi connectivity index (χ1) is 11.2. The first kappa shape index (κ1) is 15.4. The van der Waals surface area contributed by atoms with Crippen LogP contribution in [0.15, 0.2) is 42.0 Å². The Morgan fingerprint density at radius 2 is 2.09 bits per heavy atom. The molecule has 0 aliphatic heterocycles. The summed E-state index contributed by atoms with van der Waals surface area (Å²) in [5.74, 6) is -0.0444. The summed E-state index contributed by atoms with van der Waals surface area (Å²) < 4.78 is 4.90. The quantitative estimate of drug-likeness (QED) is 0.782. The SMILES string of the molecule is COc1cnc(C(=O)Nc2nc(-c3ccccc3Cl)cs2)cn1. The Balaban J connectivity index is 1.76. The number of amides is 1. The molecule has 0 radical (unpaired) electrons. The molecule has 0 fully saturated rings. The van der Waals surface area contributed by atoms with Crippen molar-refractivity contribution in [2.45, 2.75) is 0 Å². The van der Waals surface area contributed by atoms with Gasteiger partial charge in [0.2, 0.25) is 5.88 Å². The van der Waals surface area contributed by atoms with Crippen LogP contribution >= 0.6 is 22.9 Å². The third kappa shape index (κ3) is 3.46. The number of methoxy groups -OCH3 is 1. The van der Waals surface area contributed by atoms with Gasteiger partial charge < -0.3 is 4.74 Å². The molecular weight excluding hydrogens is 336 g/mol. The smallest absolute Gasteiger partial charge is 0.277 e. The van der Waals surface area contributed by atoms with Crippen LogP contribution in [-0.2, 0) is 0 Å². The first-order valence-corrected chi connectivity index (χ1v) is 7.81. The topological polar surface area (TPSA) is 77.0 Å². The van der Waals surface area contributed by atoms with Gasteiger partial charge in [0, 0.05) is 16.0 Å². The van der Waals surface area contributed by atoms with E-state index in [9.17, 15) is 4.79 Å². The highest BCUT2D eigenvalue weighted by Gasteiger charge is 2.13. The van der Waals surface area contributed by atoms with E-state index in [0.29, 0.717) is 21.7 Å². The molecule has 1 N–H and O–H groups in total. The van der Waals surface area contributed by atoms with Gasteiger partial charge in [-0.1, -0.05) is 29.8 Å². The molecule has 8 heteroatoms. The summed E-state index contributed by atoms with van der Waals surface area (Å²) in [7, 11) is 1.48. The van der Waals surface area contributed by atoms with Crippen LogP contribution in [-0.4, -0.2) is 28.0 Å². The van der Waals surface area contributed by atoms with E-state index in [0.717, 1.165) is 5.56 Å². The van der Waals surface area contributed by atoms with Gasteiger partial charge >= 0.3 is 0 Å². The average molecular weight is 347 g/mol. The van der Waals surface area contributed by atoms with Crippen molar-refractivity contribution < 1.29 is 9.53 Å². The van der Waals surface area contributed by atoms with Crippen LogP contribution in [0.5, 0.6) is 5.88 Å². The molecule has 3 aromatic rings. The van der Waals surface area contributed by atoms with Crippen LogP contribution in [0.1, 0.15) is 10.5 Å². The number of aromatic nitrogens is 3. The number of nitrogens with one attached hydrogen (secondary N) is 1. The zero-order valence-electron chi connectivity index (χ0n) is 12.0. The van der Waals surface area contributed by atoms with Crippen LogP contribution in [0, 0.1) is 0 Å². The van der Waals surface area contributed by atoms with Crippen LogP contribution in [0.4, 0.5) is 5.13 Å². The van der Waals surface area contributed by atoms with E-state index in [-0.39, 0.29) is 11.6 Å². The van der Waals surface area contributed by atoms with Crippen molar-refractivity contribution in [2.75, 3.05) is 12.4 Å². The monoisotopic (exact) mass is 346 g/mol. The van der Waals surface area contributed by atoms with Crippen LogP contribution in [0.3, 0.4) is 0 Å². The van der Waals surface area contributed by atoms with E-state index in [2.05, 4.69) is 20.3 Å². The number of rotatable bonds is 4. The van der Waals surface area contributed by atoms with Crippen molar-refractivity contribution in [1.29, 1.82) is 0 Å². The number of halogens is 1. The molecule has 0 bridgehead atoms. The number of benzene rings is 1. The van der Waals surface area contributed by atoms with Gasteiger partial charge in [0.25, 0.3) is 5.91 Å². The van der Waals surface area contributed by atoms with E-state index in [1.165, 1.54) is 30.8 Å². The number of anilines is 1. The minimum absolute atomic E-state index is 0.181. The van der Waals surface area contributed by atoms with Crippen LogP contribution < -0.4 is 10.1 Å². The van der Waals surface area contributed by atoms with E-state index < -0.39 is 0 Å². The van der Waals surface area contributed by atoms with E-state index in [1.807, 2.05) is 23.6 Å². The number of ether oxygens (including phenoxy) is 1. The minimum atomic E-state index is -0.389. The largest absolute Gasteiger partial charge is 0.480 e. The highest BCUT2D eigenvalue weighted by Crippen LogP contribution is 2.30. The molecule has 116 valence electrons. The van der Waals surface area contributed by atoms with Gasteiger partial charge in [-0.15, -0.1) is 11.3 Å². The maximum absolute atomic E-state index is 12.1. The van der Waals surface area contributed by atoms with Crippen molar-refractivity contribution in [1.82, 2.24) is 15.0 Å². The number of nitrogens with zero attached hydrogens (tertiary/aromatic N) is 3. The Labute approximate surface area is 141 Å². The van der Waals surface area contributed by atoms with Crippen LogP contribution in [0.25, 0.3) is 11.3 Å². The second-order valence-corrected chi connectivity index (χ2v) is 5.68. The summed E-state index contributed by atoms with van der Waals surface area (Å²) in [5, 5.41) is 5.59. The Kier molecular flexibility index (Phi) is 4.50. The standard InChI is InChI=1S/C15H11ClN4O2S/c1-22-13-7-17-11(6-18-13)14(21)20-15-19-12(8-23-15)9-4-2-3-5-10(9)16/h2-8H,1H3,(H,19,20,21). The summed E-state index contributed by atoms with van der Waals surface area (Å²) in [6.45, 7) is 0. The predicted molar refractivity (Wildman–Crippen MR) is 89.1 cm³/mol. The first-order valence-electron chi connectivity index (χ1n) is 6.55. The fourth-order valence-electron chi connectivity index (χ4n) is 1.82. The Hall–Kier alpha value is -2.51. The minimum Gasteiger partial charge on any atom is -0.480 e. The molecule has 0 saturated carbocycles. The number of hydrogen-bond acceptors (Lipinski definition) is 6. The maximum atomic E-state index is 12.1. The molecule has 23 heavy (non-hydrogen) atoms. The highest BCUT2D eigenvalue weighted by molar-refractivity contribution is 7.14. The molecule has 6 nitrogen and oxygen atoms in total. The lowest BCUT2D eigenvalue weighted by Crippen LogP contribution is -2.13. The zero-order valence-corrected chi connectivity index (χ0v) is 13.6. The maximum Gasteiger partial charge on any atom is 0.277 e. The Bertz CT molecular complexity index is 836. The lowest BCUT2D eigenvalue weighted by molar-refractivity contribution is 0.102. The molecule has 2 heterocycles. The predicted octanol–water partition coefficient (Wildman–Crippen LogP) is 3.51. The van der Waals surface area contributed by atoms with Crippen molar-refractivity contribution in [3.63, 3.8) is 0 Å². The summed E-state index contributed by atoms with van der Waals surface area (Å²) in [4.78, 5) is 24.4. The molecule has 0 aliphatic carbocycles. The Morgan fingerprint density at radius 3 is 2.78 bits per heavy atom. The lowest BCUT2D eigenvalue weighted by atomic mass is 10.2. The summed E-state index contributed by atoms with van der Waals surface area (Å²) >= 11 is 7.45. The van der Waals surface area contributed by atoms with Crippen molar-refractivity contribution in [3.05, 3.63) is 52.8 Å². The zero-order chi connectivity index (χ0) is 16.2. The van der Waals surface area contributed by atoms with Crippen molar-refractivity contribution in [2.24, 2.45) is 0 Å². The molecule has 1 amide bonds. The lowest BCUT2D eigenvalue weighted by Gasteiger charge is -2.02. The van der Waals surface area contributed by atoms with Gasteiger partial charge in [0.05, 0.1) is 25.2 Å². The van der Waals surface area contributed by atoms with Gasteiger partial charge in [-0.25, -0.2) is 15.0 Å². The summed E-state index contributed by atoms with van der Waals surface area (Å²) in [5.41, 5.74) is 1.70. The fourth-order valence-corrected chi connectivity index (χ4v) is 2.76. The normalized spacial score (nSPS) is 10.3. The molecule has 0 spiro atoms. The van der Waals surface area contributed by atoms with Crippen molar-refractivity contribution >= 4 is 34.0 Å². The van der Waals surface area contributed by atoms with E-state index in [1.54, 1.807) is 6.07 Å². The highest BCUT2D eigenvalue weighted by atomic mass is 35.5. The van der Waals surface area contributed by atoms with Crippen molar-refractivity contribution in [3.8, 4) is 17.1 Å². The van der Waals surface area contributed by atoms with E-state index >= 15 is 0 Å². The molecule has 3 rings (SSSR count). The fraction of sp³-hybridized carbons (Fsp3) is 0.0667. The molecule has 2 aromatic heterocycles. The molecule has 0 unspecified atom stereocenters. The van der Waals surface area contributed by atoms with Gasteiger partial charge in [-0.3, -0.25) is 10.1 Å². The second-order valence-electron chi connectivity index (χ2n) is 4.42. The Morgan fingerprint density at radius 1 is 1.26 bits per heavy atom. The summed E-state index contributed by atoms with van der Waals surface area (Å²) in [6.07, 6.45) is 2.72. The second kappa shape index (κ2) is 6.72. The van der Waals surface area contributed by atoms with Crippen LogP contribution in [0.2, 0.25) is 5.02 Å². The van der Waals surface area contributed by atoms with Gasteiger partial charge in [-0.05, 0) is 6.07 Å². The molecule has 0 aliphatic rings. The third-order valence-corrected chi connectivity index (χ3v) is 4.03. The van der Waals surface area contributed by atoms with Gasteiger partial charge in [-0.2, -0.15) is 0 Å². The van der Waals surface area contributed by atoms with Gasteiger partial charge in [0.15, 0.2) is 5.13 Å². The molecular formula is C15H11ClN4O2S. The van der Waals surface area contributed by atoms with Gasteiger partial charge in [0.1, 0.15) is 5.69 Å². The number of hydrogen-bond donors (Lipinski definition) is 1.